The third-order valence-corrected chi connectivity index (χ3v) is 7.85. The number of hydrogen-bond acceptors (Lipinski definition) is 5. The number of amides is 1. The summed E-state index contributed by atoms with van der Waals surface area (Å²) in [5.41, 5.74) is 3.29. The van der Waals surface area contributed by atoms with E-state index in [4.69, 9.17) is 16.3 Å². The fraction of sp³-hybridized carbons (Fsp3) is 0.433. The number of fused-ring (bicyclic) bond motifs is 1. The van der Waals surface area contributed by atoms with Crippen LogP contribution < -0.4 is 10.2 Å². The van der Waals surface area contributed by atoms with Crippen LogP contribution >= 0.6 is 22.9 Å². The van der Waals surface area contributed by atoms with Gasteiger partial charge < -0.3 is 4.74 Å². The van der Waals surface area contributed by atoms with Crippen LogP contribution in [0.15, 0.2) is 53.6 Å². The summed E-state index contributed by atoms with van der Waals surface area (Å²) in [5.74, 6) is -0.204. The van der Waals surface area contributed by atoms with E-state index < -0.39 is 5.97 Å². The molecule has 1 N–H and O–H groups in total. The Kier molecular flexibility index (Phi) is 12.6. The summed E-state index contributed by atoms with van der Waals surface area (Å²) in [4.78, 5) is 25.1. The standard InChI is InChI=1S/C30H37ClN2O3S/c1-2-3-4-5-6-7-8-9-10-11-12-20-27(34)33-32-22-23-16-15-17-24(21-23)36-30(35)29-28(31)25-18-13-14-19-26(25)37-29/h13-19,21-22H,2-12,20H2,1H3,(H,33,34)/b32-22-. The van der Waals surface area contributed by atoms with E-state index in [1.807, 2.05) is 30.3 Å². The summed E-state index contributed by atoms with van der Waals surface area (Å²) in [6.45, 7) is 2.25. The van der Waals surface area contributed by atoms with Gasteiger partial charge in [-0.1, -0.05) is 113 Å². The van der Waals surface area contributed by atoms with Gasteiger partial charge in [0.05, 0.1) is 11.2 Å². The van der Waals surface area contributed by atoms with E-state index in [0.29, 0.717) is 27.6 Å². The Morgan fingerprint density at radius 1 is 0.919 bits per heavy atom. The average molecular weight is 541 g/mol. The van der Waals surface area contributed by atoms with Crippen LogP contribution in [0.5, 0.6) is 5.75 Å². The molecule has 0 saturated heterocycles. The first kappa shape index (κ1) is 28.9. The summed E-state index contributed by atoms with van der Waals surface area (Å²) in [6, 6.07) is 14.6. The third-order valence-electron chi connectivity index (χ3n) is 6.20. The lowest BCUT2D eigenvalue weighted by molar-refractivity contribution is -0.121. The molecule has 1 amide bonds. The van der Waals surface area contributed by atoms with E-state index >= 15 is 0 Å². The molecule has 1 heterocycles. The molecule has 3 rings (SSSR count). The highest BCUT2D eigenvalue weighted by atomic mass is 35.5. The molecule has 5 nitrogen and oxygen atoms in total. The summed E-state index contributed by atoms with van der Waals surface area (Å²) in [7, 11) is 0. The van der Waals surface area contributed by atoms with Crippen LogP contribution in [0.4, 0.5) is 0 Å². The Morgan fingerprint density at radius 2 is 1.59 bits per heavy atom. The summed E-state index contributed by atoms with van der Waals surface area (Å²) < 4.78 is 6.47. The molecule has 0 radical (unpaired) electrons. The lowest BCUT2D eigenvalue weighted by Gasteiger charge is -2.04. The highest BCUT2D eigenvalue weighted by molar-refractivity contribution is 7.21. The van der Waals surface area contributed by atoms with Crippen LogP contribution in [0.1, 0.15) is 99.2 Å². The van der Waals surface area contributed by atoms with E-state index in [1.165, 1.54) is 69.1 Å². The van der Waals surface area contributed by atoms with Crippen LogP contribution in [0, 0.1) is 0 Å². The Hall–Kier alpha value is -2.70. The second-order valence-electron chi connectivity index (χ2n) is 9.28. The minimum absolute atomic E-state index is 0.0887. The molecule has 0 spiro atoms. The number of esters is 1. The molecule has 3 aromatic rings. The van der Waals surface area contributed by atoms with E-state index in [0.717, 1.165) is 22.9 Å². The molecule has 0 bridgehead atoms. The fourth-order valence-electron chi connectivity index (χ4n) is 4.14. The van der Waals surface area contributed by atoms with Crippen LogP contribution in [0.3, 0.4) is 0 Å². The number of nitrogens with zero attached hydrogens (tertiary/aromatic N) is 1. The molecule has 0 aliphatic heterocycles. The number of carbonyl (C=O) groups is 2. The lowest BCUT2D eigenvalue weighted by Crippen LogP contribution is -2.16. The minimum atomic E-state index is -0.499. The molecule has 2 aromatic carbocycles. The Balaban J connectivity index is 1.34. The molecule has 0 fully saturated rings. The second-order valence-corrected chi connectivity index (χ2v) is 10.7. The monoisotopic (exact) mass is 540 g/mol. The summed E-state index contributed by atoms with van der Waals surface area (Å²) >= 11 is 7.70. The van der Waals surface area contributed by atoms with Gasteiger partial charge in [0.2, 0.25) is 5.91 Å². The lowest BCUT2D eigenvalue weighted by atomic mass is 10.1. The number of ether oxygens (including phenoxy) is 1. The van der Waals surface area contributed by atoms with Gasteiger partial charge in [-0.3, -0.25) is 4.79 Å². The van der Waals surface area contributed by atoms with E-state index in [-0.39, 0.29) is 5.91 Å². The van der Waals surface area contributed by atoms with Gasteiger partial charge >= 0.3 is 5.97 Å². The van der Waals surface area contributed by atoms with Crippen molar-refractivity contribution in [2.45, 2.75) is 84.0 Å². The van der Waals surface area contributed by atoms with E-state index in [9.17, 15) is 9.59 Å². The first-order valence-electron chi connectivity index (χ1n) is 13.4. The van der Waals surface area contributed by atoms with Gasteiger partial charge in [0.1, 0.15) is 10.6 Å². The highest BCUT2D eigenvalue weighted by Crippen LogP contribution is 2.35. The fourth-order valence-corrected chi connectivity index (χ4v) is 5.53. The van der Waals surface area contributed by atoms with Gasteiger partial charge in [0.25, 0.3) is 0 Å². The van der Waals surface area contributed by atoms with Crippen molar-refractivity contribution in [3.63, 3.8) is 0 Å². The van der Waals surface area contributed by atoms with Crippen molar-refractivity contribution in [3.8, 4) is 5.75 Å². The van der Waals surface area contributed by atoms with Crippen molar-refractivity contribution in [2.24, 2.45) is 5.10 Å². The molecule has 1 aromatic heterocycles. The Morgan fingerprint density at radius 3 is 2.30 bits per heavy atom. The number of rotatable bonds is 16. The van der Waals surface area contributed by atoms with Gasteiger partial charge in [-0.2, -0.15) is 5.10 Å². The zero-order valence-corrected chi connectivity index (χ0v) is 23.2. The Labute approximate surface area is 229 Å². The second kappa shape index (κ2) is 16.2. The summed E-state index contributed by atoms with van der Waals surface area (Å²) in [6.07, 6.45) is 15.8. The molecule has 0 aliphatic rings. The molecule has 7 heteroatoms. The number of hydrazone groups is 1. The van der Waals surface area contributed by atoms with Crippen molar-refractivity contribution < 1.29 is 14.3 Å². The number of unbranched alkanes of at least 4 members (excludes halogenated alkanes) is 10. The Bertz CT molecular complexity index is 1170. The molecule has 198 valence electrons. The quantitative estimate of drug-likeness (QED) is 0.0648. The molecule has 0 aliphatic carbocycles. The van der Waals surface area contributed by atoms with E-state index in [1.54, 1.807) is 24.4 Å². The van der Waals surface area contributed by atoms with Crippen molar-refractivity contribution in [3.05, 3.63) is 64.0 Å². The first-order valence-corrected chi connectivity index (χ1v) is 14.6. The smallest absolute Gasteiger partial charge is 0.355 e. The number of benzene rings is 2. The van der Waals surface area contributed by atoms with Crippen LogP contribution in [0.2, 0.25) is 5.02 Å². The number of thiophene rings is 1. The number of halogens is 1. The third kappa shape index (κ3) is 9.94. The maximum atomic E-state index is 12.7. The minimum Gasteiger partial charge on any atom is -0.422 e. The van der Waals surface area contributed by atoms with Crippen molar-refractivity contribution in [1.29, 1.82) is 0 Å². The zero-order valence-electron chi connectivity index (χ0n) is 21.6. The van der Waals surface area contributed by atoms with Gasteiger partial charge in [0, 0.05) is 16.5 Å². The van der Waals surface area contributed by atoms with Crippen LogP contribution in [-0.2, 0) is 4.79 Å². The molecule has 0 unspecified atom stereocenters. The predicted molar refractivity (Wildman–Crippen MR) is 155 cm³/mol. The maximum Gasteiger partial charge on any atom is 0.355 e. The van der Waals surface area contributed by atoms with Crippen LogP contribution in [0.25, 0.3) is 10.1 Å². The van der Waals surface area contributed by atoms with Crippen molar-refractivity contribution in [2.75, 3.05) is 0 Å². The molecular weight excluding hydrogens is 504 g/mol. The van der Waals surface area contributed by atoms with E-state index in [2.05, 4.69) is 17.5 Å². The van der Waals surface area contributed by atoms with Gasteiger partial charge in [-0.25, -0.2) is 10.2 Å². The van der Waals surface area contributed by atoms with Crippen LogP contribution in [-0.4, -0.2) is 18.1 Å². The number of carbonyl (C=O) groups excluding carboxylic acids is 2. The topological polar surface area (TPSA) is 67.8 Å². The maximum absolute atomic E-state index is 12.7. The number of nitrogens with one attached hydrogen (secondary N) is 1. The average Bonchev–Trinajstić information content (AvgIpc) is 3.24. The largest absolute Gasteiger partial charge is 0.422 e. The van der Waals surface area contributed by atoms with Gasteiger partial charge in [-0.15, -0.1) is 11.3 Å². The molecule has 37 heavy (non-hydrogen) atoms. The van der Waals surface area contributed by atoms with Gasteiger partial charge in [0.15, 0.2) is 0 Å². The van der Waals surface area contributed by atoms with Gasteiger partial charge in [-0.05, 0) is 30.2 Å². The first-order chi connectivity index (χ1) is 18.1. The van der Waals surface area contributed by atoms with Crippen molar-refractivity contribution in [1.82, 2.24) is 5.43 Å². The predicted octanol–water partition coefficient (Wildman–Crippen LogP) is 8.93. The molecule has 0 atom stereocenters. The highest BCUT2D eigenvalue weighted by Gasteiger charge is 2.19. The SMILES string of the molecule is CCCCCCCCCCCCCC(=O)N/N=C\c1cccc(OC(=O)c2sc3ccccc3c2Cl)c1. The number of hydrogen-bond donors (Lipinski definition) is 1. The molecular formula is C30H37ClN2O3S. The summed E-state index contributed by atoms with van der Waals surface area (Å²) in [5, 5.41) is 5.29. The normalized spacial score (nSPS) is 11.3. The van der Waals surface area contributed by atoms with Crippen molar-refractivity contribution >= 4 is 51.1 Å². The zero-order chi connectivity index (χ0) is 26.3. The molecule has 0 saturated carbocycles.